The molecular formula is C5H3F3N2O3. The minimum absolute atomic E-state index is 1.20. The van der Waals surface area contributed by atoms with Gasteiger partial charge in [0.05, 0.1) is 0 Å². The minimum Gasteiger partial charge on any atom is -0.494 e. The Morgan fingerprint density at radius 2 is 1.69 bits per heavy atom. The fraction of sp³-hybridized carbons (Fsp3) is 0.200. The van der Waals surface area contributed by atoms with E-state index in [9.17, 15) is 22.8 Å². The maximum absolute atomic E-state index is 11.9. The number of alkyl halides is 3. The van der Waals surface area contributed by atoms with E-state index in [-0.39, 0.29) is 0 Å². The summed E-state index contributed by atoms with van der Waals surface area (Å²) in [5, 5.41) is 8.61. The van der Waals surface area contributed by atoms with Crippen LogP contribution in [0, 0.1) is 0 Å². The highest BCUT2D eigenvalue weighted by Gasteiger charge is 2.38. The van der Waals surface area contributed by atoms with Gasteiger partial charge in [0.15, 0.2) is 5.56 Å². The molecule has 0 amide bonds. The van der Waals surface area contributed by atoms with Crippen molar-refractivity contribution in [3.63, 3.8) is 0 Å². The molecule has 0 aliphatic heterocycles. The molecule has 0 fully saturated rings. The smallest absolute Gasteiger partial charge is 0.426 e. The van der Waals surface area contributed by atoms with Gasteiger partial charge in [0.2, 0.25) is 5.88 Å². The Labute approximate surface area is 67.8 Å². The molecule has 0 unspecified atom stereocenters. The molecular weight excluding hydrogens is 193 g/mol. The summed E-state index contributed by atoms with van der Waals surface area (Å²) in [5.74, 6) is -1.48. The molecule has 0 saturated carbocycles. The zero-order valence-corrected chi connectivity index (χ0v) is 5.90. The number of halogens is 3. The summed E-state index contributed by atoms with van der Waals surface area (Å²) in [7, 11) is 0. The van der Waals surface area contributed by atoms with Gasteiger partial charge in [-0.05, 0) is 0 Å². The van der Waals surface area contributed by atoms with Crippen LogP contribution >= 0.6 is 0 Å². The highest BCUT2D eigenvalue weighted by molar-refractivity contribution is 5.23. The van der Waals surface area contributed by atoms with Crippen molar-refractivity contribution in [3.8, 4) is 5.88 Å². The summed E-state index contributed by atoms with van der Waals surface area (Å²) in [6.45, 7) is 0. The molecule has 72 valence electrons. The lowest BCUT2D eigenvalue weighted by atomic mass is 10.3. The largest absolute Gasteiger partial charge is 0.494 e. The number of hydrogen-bond acceptors (Lipinski definition) is 3. The summed E-state index contributed by atoms with van der Waals surface area (Å²) in [4.78, 5) is 23.7. The van der Waals surface area contributed by atoms with Crippen molar-refractivity contribution in [3.05, 3.63) is 26.4 Å². The lowest BCUT2D eigenvalue weighted by Gasteiger charge is -2.05. The number of rotatable bonds is 0. The molecule has 0 bridgehead atoms. The predicted octanol–water partition coefficient (Wildman–Crippen LogP) is -0.212. The maximum Gasteiger partial charge on any atom is 0.426 e. The number of aromatic hydroxyl groups is 1. The van der Waals surface area contributed by atoms with Crippen molar-refractivity contribution in [2.45, 2.75) is 6.18 Å². The number of aromatic amines is 2. The molecule has 0 aromatic carbocycles. The van der Waals surface area contributed by atoms with E-state index in [1.54, 1.807) is 0 Å². The third kappa shape index (κ3) is 1.71. The van der Waals surface area contributed by atoms with Crippen LogP contribution in [0.1, 0.15) is 5.56 Å². The van der Waals surface area contributed by atoms with E-state index < -0.39 is 28.9 Å². The van der Waals surface area contributed by atoms with Gasteiger partial charge in [-0.1, -0.05) is 0 Å². The number of nitrogens with one attached hydrogen (secondary N) is 2. The molecule has 0 radical (unpaired) electrons. The molecule has 1 aromatic rings. The predicted molar refractivity (Wildman–Crippen MR) is 34.4 cm³/mol. The van der Waals surface area contributed by atoms with Crippen LogP contribution in [0.3, 0.4) is 0 Å². The van der Waals surface area contributed by atoms with Gasteiger partial charge in [0.1, 0.15) is 0 Å². The van der Waals surface area contributed by atoms with Crippen LogP contribution in [0.2, 0.25) is 0 Å². The van der Waals surface area contributed by atoms with Crippen LogP contribution in [0.25, 0.3) is 0 Å². The normalized spacial score (nSPS) is 11.6. The average molecular weight is 196 g/mol. The molecule has 8 heteroatoms. The van der Waals surface area contributed by atoms with E-state index in [0.29, 0.717) is 0 Å². The molecule has 5 nitrogen and oxygen atoms in total. The van der Waals surface area contributed by atoms with Crippen molar-refractivity contribution in [1.82, 2.24) is 9.97 Å². The Morgan fingerprint density at radius 1 is 1.15 bits per heavy atom. The van der Waals surface area contributed by atoms with Gasteiger partial charge in [-0.25, -0.2) is 4.79 Å². The van der Waals surface area contributed by atoms with Crippen molar-refractivity contribution in [1.29, 1.82) is 0 Å². The van der Waals surface area contributed by atoms with Crippen LogP contribution in [-0.2, 0) is 6.18 Å². The molecule has 1 rings (SSSR count). The van der Waals surface area contributed by atoms with Crippen molar-refractivity contribution in [2.75, 3.05) is 0 Å². The second kappa shape index (κ2) is 2.64. The molecule has 0 saturated heterocycles. The van der Waals surface area contributed by atoms with Gasteiger partial charge < -0.3 is 5.11 Å². The molecule has 1 aromatic heterocycles. The fourth-order valence-electron chi connectivity index (χ4n) is 0.737. The zero-order valence-electron chi connectivity index (χ0n) is 5.90. The maximum atomic E-state index is 11.9. The van der Waals surface area contributed by atoms with E-state index in [0.717, 1.165) is 0 Å². The van der Waals surface area contributed by atoms with Gasteiger partial charge in [0.25, 0.3) is 5.56 Å². The first-order valence-electron chi connectivity index (χ1n) is 2.95. The van der Waals surface area contributed by atoms with Crippen molar-refractivity contribution >= 4 is 0 Å². The fourth-order valence-corrected chi connectivity index (χ4v) is 0.737. The van der Waals surface area contributed by atoms with E-state index in [2.05, 4.69) is 0 Å². The SMILES string of the molecule is O=c1[nH]c(O)c(C(F)(F)F)c(=O)[nH]1. The van der Waals surface area contributed by atoms with Crippen molar-refractivity contribution < 1.29 is 18.3 Å². The van der Waals surface area contributed by atoms with E-state index >= 15 is 0 Å². The number of H-pyrrole nitrogens is 2. The quantitative estimate of drug-likeness (QED) is 0.536. The van der Waals surface area contributed by atoms with Crippen LogP contribution in [0.5, 0.6) is 5.88 Å². The highest BCUT2D eigenvalue weighted by Crippen LogP contribution is 2.30. The Kier molecular flexibility index (Phi) is 1.90. The molecule has 0 atom stereocenters. The molecule has 0 aliphatic rings. The number of aromatic nitrogens is 2. The first kappa shape index (κ1) is 9.36. The summed E-state index contributed by atoms with van der Waals surface area (Å²) < 4.78 is 35.8. The van der Waals surface area contributed by atoms with Gasteiger partial charge in [-0.15, -0.1) is 0 Å². The van der Waals surface area contributed by atoms with Crippen molar-refractivity contribution in [2.24, 2.45) is 0 Å². The van der Waals surface area contributed by atoms with Gasteiger partial charge in [-0.3, -0.25) is 14.8 Å². The third-order valence-corrected chi connectivity index (χ3v) is 1.21. The Balaban J connectivity index is 3.57. The molecule has 13 heavy (non-hydrogen) atoms. The monoisotopic (exact) mass is 196 g/mol. The summed E-state index contributed by atoms with van der Waals surface area (Å²) in [6.07, 6.45) is -5.00. The van der Waals surface area contributed by atoms with Crippen LogP contribution in [-0.4, -0.2) is 15.1 Å². The molecule has 0 spiro atoms. The lowest BCUT2D eigenvalue weighted by molar-refractivity contribution is -0.140. The lowest BCUT2D eigenvalue weighted by Crippen LogP contribution is -2.29. The minimum atomic E-state index is -5.00. The topological polar surface area (TPSA) is 85.9 Å². The van der Waals surface area contributed by atoms with E-state index in [4.69, 9.17) is 5.11 Å². The van der Waals surface area contributed by atoms with E-state index in [1.807, 2.05) is 0 Å². The molecule has 3 N–H and O–H groups in total. The van der Waals surface area contributed by atoms with E-state index in [1.165, 1.54) is 9.97 Å². The standard InChI is InChI=1S/C5H3F3N2O3/c6-5(7,8)1-2(11)9-4(13)10-3(1)12/h(H3,9,10,11,12,13). The second-order valence-corrected chi connectivity index (χ2v) is 2.13. The van der Waals surface area contributed by atoms with Crippen LogP contribution < -0.4 is 11.2 Å². The zero-order chi connectivity index (χ0) is 10.2. The third-order valence-electron chi connectivity index (χ3n) is 1.21. The average Bonchev–Trinajstić information content (AvgIpc) is 1.78. The van der Waals surface area contributed by atoms with Crippen LogP contribution in [0.15, 0.2) is 9.59 Å². The molecule has 1 heterocycles. The Hall–Kier alpha value is -1.73. The van der Waals surface area contributed by atoms with Gasteiger partial charge >= 0.3 is 11.9 Å². The Bertz CT molecular complexity index is 430. The summed E-state index contributed by atoms with van der Waals surface area (Å²) in [6, 6.07) is 0. The summed E-state index contributed by atoms with van der Waals surface area (Å²) in [5.41, 5.74) is -4.68. The molecule has 0 aliphatic carbocycles. The van der Waals surface area contributed by atoms with Crippen LogP contribution in [0.4, 0.5) is 13.2 Å². The van der Waals surface area contributed by atoms with Gasteiger partial charge in [-0.2, -0.15) is 13.2 Å². The number of hydrogen-bond donors (Lipinski definition) is 3. The summed E-state index contributed by atoms with van der Waals surface area (Å²) >= 11 is 0. The second-order valence-electron chi connectivity index (χ2n) is 2.13. The van der Waals surface area contributed by atoms with Gasteiger partial charge in [0, 0.05) is 0 Å². The highest BCUT2D eigenvalue weighted by atomic mass is 19.4. The Morgan fingerprint density at radius 3 is 2.08 bits per heavy atom. The first-order chi connectivity index (χ1) is 5.82. The first-order valence-corrected chi connectivity index (χ1v) is 2.95.